The van der Waals surface area contributed by atoms with Gasteiger partial charge >= 0.3 is 11.9 Å². The molecule has 0 aliphatic rings. The van der Waals surface area contributed by atoms with Crippen LogP contribution in [0.2, 0.25) is 0 Å². The molecule has 86 valence electrons. The van der Waals surface area contributed by atoms with Crippen LogP contribution in [0.1, 0.15) is 5.56 Å². The van der Waals surface area contributed by atoms with E-state index in [1.807, 2.05) is 18.2 Å². The second-order valence-electron chi connectivity index (χ2n) is 3.09. The largest absolute Gasteiger partial charge is 0.467 e. The average molecular weight is 223 g/mol. The van der Waals surface area contributed by atoms with E-state index in [0.29, 0.717) is 0 Å². The van der Waals surface area contributed by atoms with Crippen molar-refractivity contribution in [2.75, 3.05) is 7.11 Å². The maximum absolute atomic E-state index is 11.3. The number of hydrogen-bond donors (Lipinski definition) is 1. The van der Waals surface area contributed by atoms with E-state index in [2.05, 4.69) is 4.74 Å². The summed E-state index contributed by atoms with van der Waals surface area (Å²) >= 11 is 0. The molecule has 0 saturated carbocycles. The van der Waals surface area contributed by atoms with Crippen LogP contribution < -0.4 is 5.73 Å². The summed E-state index contributed by atoms with van der Waals surface area (Å²) in [6, 6.07) is 7.72. The fourth-order valence-corrected chi connectivity index (χ4v) is 1.04. The van der Waals surface area contributed by atoms with Gasteiger partial charge in [-0.1, -0.05) is 30.3 Å². The molecule has 0 amide bonds. The molecule has 16 heavy (non-hydrogen) atoms. The van der Waals surface area contributed by atoms with Crippen LogP contribution in [-0.2, 0) is 25.7 Å². The van der Waals surface area contributed by atoms with Crippen LogP contribution in [0.15, 0.2) is 30.3 Å². The van der Waals surface area contributed by atoms with Crippen LogP contribution >= 0.6 is 0 Å². The number of ether oxygens (including phenoxy) is 2. The molecule has 2 N–H and O–H groups in total. The molecule has 5 nitrogen and oxygen atoms in total. The molecule has 0 spiro atoms. The SMILES string of the molecule is COC(=O)[C@H](N)C(=O)OCc1ccccc1. The van der Waals surface area contributed by atoms with Crippen LogP contribution in [0.5, 0.6) is 0 Å². The Morgan fingerprint density at radius 1 is 1.25 bits per heavy atom. The molecule has 0 fully saturated rings. The highest BCUT2D eigenvalue weighted by Gasteiger charge is 2.24. The number of carbonyl (C=O) groups is 2. The van der Waals surface area contributed by atoms with E-state index in [0.717, 1.165) is 12.7 Å². The van der Waals surface area contributed by atoms with Crippen molar-refractivity contribution in [2.24, 2.45) is 5.73 Å². The van der Waals surface area contributed by atoms with E-state index in [9.17, 15) is 9.59 Å². The van der Waals surface area contributed by atoms with E-state index in [4.69, 9.17) is 10.5 Å². The second-order valence-corrected chi connectivity index (χ2v) is 3.09. The van der Waals surface area contributed by atoms with Crippen molar-refractivity contribution in [3.05, 3.63) is 35.9 Å². The van der Waals surface area contributed by atoms with Gasteiger partial charge in [-0.25, -0.2) is 9.59 Å². The van der Waals surface area contributed by atoms with Gasteiger partial charge in [0.15, 0.2) is 0 Å². The number of hydrogen-bond acceptors (Lipinski definition) is 5. The molecular formula is C11H13NO4. The van der Waals surface area contributed by atoms with Gasteiger partial charge in [-0.2, -0.15) is 0 Å². The molecule has 0 radical (unpaired) electrons. The lowest BCUT2D eigenvalue weighted by atomic mass is 10.2. The summed E-state index contributed by atoms with van der Waals surface area (Å²) in [6.45, 7) is 0.0877. The molecule has 1 atom stereocenters. The van der Waals surface area contributed by atoms with E-state index < -0.39 is 18.0 Å². The fourth-order valence-electron chi connectivity index (χ4n) is 1.04. The van der Waals surface area contributed by atoms with Crippen LogP contribution in [-0.4, -0.2) is 25.1 Å². The lowest BCUT2D eigenvalue weighted by Gasteiger charge is -2.09. The van der Waals surface area contributed by atoms with E-state index in [1.54, 1.807) is 12.1 Å². The topological polar surface area (TPSA) is 78.6 Å². The zero-order valence-corrected chi connectivity index (χ0v) is 8.88. The lowest BCUT2D eigenvalue weighted by Crippen LogP contribution is -2.40. The maximum atomic E-state index is 11.3. The van der Waals surface area contributed by atoms with Crippen molar-refractivity contribution < 1.29 is 19.1 Å². The summed E-state index contributed by atoms with van der Waals surface area (Å²) < 4.78 is 9.17. The second kappa shape index (κ2) is 5.87. The molecule has 0 heterocycles. The van der Waals surface area contributed by atoms with Gasteiger partial charge in [-0.3, -0.25) is 0 Å². The first kappa shape index (κ1) is 12.2. The quantitative estimate of drug-likeness (QED) is 0.584. The molecule has 0 aliphatic carbocycles. The molecular weight excluding hydrogens is 210 g/mol. The summed E-state index contributed by atoms with van der Waals surface area (Å²) in [5, 5.41) is 0. The van der Waals surface area contributed by atoms with Gasteiger partial charge in [0, 0.05) is 0 Å². The normalized spacial score (nSPS) is 11.6. The third-order valence-corrected chi connectivity index (χ3v) is 1.93. The maximum Gasteiger partial charge on any atom is 0.334 e. The van der Waals surface area contributed by atoms with Crippen molar-refractivity contribution in [1.82, 2.24) is 0 Å². The van der Waals surface area contributed by atoms with E-state index in [-0.39, 0.29) is 6.61 Å². The van der Waals surface area contributed by atoms with Gasteiger partial charge < -0.3 is 15.2 Å². The zero-order chi connectivity index (χ0) is 12.0. The summed E-state index contributed by atoms with van der Waals surface area (Å²) in [7, 11) is 1.16. The van der Waals surface area contributed by atoms with Crippen LogP contribution in [0, 0.1) is 0 Å². The molecule has 1 aromatic carbocycles. The monoisotopic (exact) mass is 223 g/mol. The Hall–Kier alpha value is -1.88. The van der Waals surface area contributed by atoms with Crippen molar-refractivity contribution >= 4 is 11.9 Å². The van der Waals surface area contributed by atoms with E-state index >= 15 is 0 Å². The molecule has 0 aliphatic heterocycles. The van der Waals surface area contributed by atoms with Gasteiger partial charge in [0.1, 0.15) is 6.61 Å². The predicted octanol–water partition coefficient (Wildman–Crippen LogP) is 0.230. The third kappa shape index (κ3) is 3.36. The predicted molar refractivity (Wildman–Crippen MR) is 56.2 cm³/mol. The summed E-state index contributed by atoms with van der Waals surface area (Å²) in [4.78, 5) is 22.2. The number of rotatable bonds is 4. The van der Waals surface area contributed by atoms with Crippen molar-refractivity contribution in [3.8, 4) is 0 Å². The number of benzene rings is 1. The highest BCUT2D eigenvalue weighted by Crippen LogP contribution is 2.01. The van der Waals surface area contributed by atoms with Crippen LogP contribution in [0.25, 0.3) is 0 Å². The first-order valence-electron chi connectivity index (χ1n) is 4.69. The van der Waals surface area contributed by atoms with Gasteiger partial charge in [0.2, 0.25) is 6.04 Å². The van der Waals surface area contributed by atoms with Gasteiger partial charge in [-0.15, -0.1) is 0 Å². The highest BCUT2D eigenvalue weighted by molar-refractivity contribution is 5.98. The van der Waals surface area contributed by atoms with E-state index in [1.165, 1.54) is 0 Å². The number of carbonyl (C=O) groups excluding carboxylic acids is 2. The number of esters is 2. The summed E-state index contributed by atoms with van der Waals surface area (Å²) in [5.41, 5.74) is 6.11. The van der Waals surface area contributed by atoms with Crippen molar-refractivity contribution in [2.45, 2.75) is 12.6 Å². The molecule has 1 rings (SSSR count). The van der Waals surface area contributed by atoms with Crippen LogP contribution in [0.4, 0.5) is 0 Å². The summed E-state index contributed by atoms with van der Waals surface area (Å²) in [5.74, 6) is -1.60. The molecule has 0 saturated heterocycles. The fraction of sp³-hybridized carbons (Fsp3) is 0.273. The minimum absolute atomic E-state index is 0.0877. The number of nitrogens with two attached hydrogens (primary N) is 1. The minimum Gasteiger partial charge on any atom is -0.467 e. The Kier molecular flexibility index (Phi) is 4.47. The molecule has 5 heteroatoms. The molecule has 0 unspecified atom stereocenters. The summed E-state index contributed by atoms with van der Waals surface area (Å²) in [6.07, 6.45) is 0. The Balaban J connectivity index is 2.44. The average Bonchev–Trinajstić information content (AvgIpc) is 2.35. The Morgan fingerprint density at radius 2 is 1.88 bits per heavy atom. The van der Waals surface area contributed by atoms with Crippen molar-refractivity contribution in [3.63, 3.8) is 0 Å². The van der Waals surface area contributed by atoms with Crippen molar-refractivity contribution in [1.29, 1.82) is 0 Å². The molecule has 0 aromatic heterocycles. The van der Waals surface area contributed by atoms with Gasteiger partial charge in [0.25, 0.3) is 0 Å². The third-order valence-electron chi connectivity index (χ3n) is 1.93. The molecule has 1 aromatic rings. The molecule has 0 bridgehead atoms. The van der Waals surface area contributed by atoms with Crippen LogP contribution in [0.3, 0.4) is 0 Å². The Morgan fingerprint density at radius 3 is 2.44 bits per heavy atom. The smallest absolute Gasteiger partial charge is 0.334 e. The first-order valence-corrected chi connectivity index (χ1v) is 4.69. The standard InChI is InChI=1S/C11H13NO4/c1-15-10(13)9(12)11(14)16-7-8-5-3-2-4-6-8/h2-6,9H,7,12H2,1H3/t9-/m0/s1. The first-order chi connectivity index (χ1) is 7.65. The van der Waals surface area contributed by atoms with Gasteiger partial charge in [-0.05, 0) is 5.56 Å². The van der Waals surface area contributed by atoms with Gasteiger partial charge in [0.05, 0.1) is 7.11 Å². The number of methoxy groups -OCH3 is 1. The Labute approximate surface area is 93.1 Å². The highest BCUT2D eigenvalue weighted by atomic mass is 16.5. The zero-order valence-electron chi connectivity index (χ0n) is 8.88. The Bertz CT molecular complexity index is 364. The minimum atomic E-state index is -1.38. The lowest BCUT2D eigenvalue weighted by molar-refractivity contribution is -0.156.